The molecule has 25 heavy (non-hydrogen) atoms. The maximum absolute atomic E-state index is 13.2. The molecule has 0 fully saturated rings. The zero-order chi connectivity index (χ0) is 18.8. The molecule has 0 saturated carbocycles. The molecule has 0 N–H and O–H groups in total. The fourth-order valence-electron chi connectivity index (χ4n) is 2.13. The van der Waals surface area contributed by atoms with Gasteiger partial charge in [0, 0.05) is 5.56 Å². The van der Waals surface area contributed by atoms with Crippen LogP contribution in [-0.4, -0.2) is 17.9 Å². The van der Waals surface area contributed by atoms with Gasteiger partial charge in [-0.25, -0.2) is 0 Å². The van der Waals surface area contributed by atoms with E-state index in [1.807, 2.05) is 31.2 Å². The van der Waals surface area contributed by atoms with Crippen molar-refractivity contribution in [3.63, 3.8) is 0 Å². The Kier molecular flexibility index (Phi) is 5.15. The number of alkyl halides is 5. The van der Waals surface area contributed by atoms with Gasteiger partial charge in [0.15, 0.2) is 0 Å². The Hall–Kier alpha value is -2.44. The number of carbonyl (C=O) groups excluding carboxylic acids is 1. The highest BCUT2D eigenvalue weighted by atomic mass is 19.4. The predicted molar refractivity (Wildman–Crippen MR) is 82.0 cm³/mol. The average molecular weight is 358 g/mol. The van der Waals surface area contributed by atoms with E-state index in [1.165, 1.54) is 19.1 Å². The molecule has 0 atom stereocenters. The number of hydrogen-bond donors (Lipinski definition) is 0. The van der Waals surface area contributed by atoms with Gasteiger partial charge in [-0.1, -0.05) is 29.8 Å². The molecule has 0 radical (unpaired) electrons. The van der Waals surface area contributed by atoms with Crippen molar-refractivity contribution in [1.82, 2.24) is 0 Å². The number of carbonyl (C=O) groups is 1. The minimum absolute atomic E-state index is 0.0182. The van der Waals surface area contributed by atoms with Gasteiger partial charge in [-0.05, 0) is 43.2 Å². The molecule has 0 aromatic heterocycles. The van der Waals surface area contributed by atoms with Gasteiger partial charge in [0.2, 0.25) is 5.78 Å². The predicted octanol–water partition coefficient (Wildman–Crippen LogP) is 5.26. The molecule has 0 amide bonds. The monoisotopic (exact) mass is 358 g/mol. The van der Waals surface area contributed by atoms with Crippen LogP contribution in [0.5, 0.6) is 5.75 Å². The largest absolute Gasteiger partial charge is 0.489 e. The third-order valence-electron chi connectivity index (χ3n) is 3.61. The molecule has 134 valence electrons. The lowest BCUT2D eigenvalue weighted by Gasteiger charge is -2.19. The summed E-state index contributed by atoms with van der Waals surface area (Å²) in [4.78, 5) is 11.5. The fraction of sp³-hybridized carbons (Fsp3) is 0.278. The Bertz CT molecular complexity index is 764. The van der Waals surface area contributed by atoms with Crippen LogP contribution in [-0.2, 0) is 6.61 Å². The lowest BCUT2D eigenvalue weighted by molar-refractivity contribution is -0.255. The second-order valence-electron chi connectivity index (χ2n) is 5.65. The van der Waals surface area contributed by atoms with Gasteiger partial charge in [0.05, 0.1) is 0 Å². The number of aryl methyl sites for hydroxylation is 2. The number of Topliss-reactive ketones (excluding diaryl/α,β-unsaturated/α-hetero) is 1. The number of rotatable bonds is 5. The molecule has 0 heterocycles. The summed E-state index contributed by atoms with van der Waals surface area (Å²) in [7, 11) is 0. The first kappa shape index (κ1) is 18.9. The van der Waals surface area contributed by atoms with Crippen LogP contribution in [0.3, 0.4) is 0 Å². The Labute approximate surface area is 141 Å². The molecule has 2 nitrogen and oxygen atoms in total. The second kappa shape index (κ2) is 6.82. The van der Waals surface area contributed by atoms with Crippen molar-refractivity contribution in [2.45, 2.75) is 32.6 Å². The Balaban J connectivity index is 2.15. The normalized spacial score (nSPS) is 12.1. The van der Waals surface area contributed by atoms with Crippen LogP contribution in [0.25, 0.3) is 0 Å². The van der Waals surface area contributed by atoms with E-state index in [1.54, 1.807) is 0 Å². The van der Waals surface area contributed by atoms with Gasteiger partial charge in [-0.3, -0.25) is 4.79 Å². The van der Waals surface area contributed by atoms with Gasteiger partial charge in [-0.15, -0.1) is 0 Å². The third-order valence-corrected chi connectivity index (χ3v) is 3.61. The molecule has 0 saturated heterocycles. The minimum Gasteiger partial charge on any atom is -0.489 e. The topological polar surface area (TPSA) is 26.3 Å². The summed E-state index contributed by atoms with van der Waals surface area (Å²) >= 11 is 0. The molecular formula is C18H15F5O2. The van der Waals surface area contributed by atoms with Crippen molar-refractivity contribution >= 4 is 5.78 Å². The van der Waals surface area contributed by atoms with E-state index in [4.69, 9.17) is 4.74 Å². The van der Waals surface area contributed by atoms with E-state index in [0.717, 1.165) is 17.2 Å². The maximum Gasteiger partial charge on any atom is 0.461 e. The van der Waals surface area contributed by atoms with Crippen LogP contribution in [0, 0.1) is 13.8 Å². The molecule has 0 spiro atoms. The first-order valence-electron chi connectivity index (χ1n) is 7.30. The summed E-state index contributed by atoms with van der Waals surface area (Å²) < 4.78 is 68.8. The third kappa shape index (κ3) is 4.15. The molecule has 2 aromatic carbocycles. The zero-order valence-corrected chi connectivity index (χ0v) is 13.5. The smallest absolute Gasteiger partial charge is 0.461 e. The van der Waals surface area contributed by atoms with Crippen LogP contribution in [0.1, 0.15) is 27.0 Å². The number of hydrogen-bond acceptors (Lipinski definition) is 2. The van der Waals surface area contributed by atoms with E-state index < -0.39 is 23.4 Å². The SMILES string of the molecule is Cc1ccc(COc2ccc(C(=O)C(F)(F)C(F)(F)F)c(C)c2)cc1. The van der Waals surface area contributed by atoms with Crippen LogP contribution in [0.2, 0.25) is 0 Å². The molecule has 0 bridgehead atoms. The van der Waals surface area contributed by atoms with Crippen LogP contribution >= 0.6 is 0 Å². The summed E-state index contributed by atoms with van der Waals surface area (Å²) in [6.07, 6.45) is -5.93. The Morgan fingerprint density at radius 1 is 0.960 bits per heavy atom. The Morgan fingerprint density at radius 2 is 1.56 bits per heavy atom. The first-order valence-corrected chi connectivity index (χ1v) is 7.30. The number of benzene rings is 2. The summed E-state index contributed by atoms with van der Waals surface area (Å²) in [6.45, 7) is 3.41. The fourth-order valence-corrected chi connectivity index (χ4v) is 2.13. The van der Waals surface area contributed by atoms with Gasteiger partial charge in [0.25, 0.3) is 0 Å². The molecule has 0 aliphatic carbocycles. The maximum atomic E-state index is 13.2. The highest BCUT2D eigenvalue weighted by molar-refractivity contribution is 6.03. The zero-order valence-electron chi connectivity index (χ0n) is 13.5. The van der Waals surface area contributed by atoms with Gasteiger partial charge < -0.3 is 4.74 Å². The molecule has 7 heteroatoms. The van der Waals surface area contributed by atoms with E-state index in [2.05, 4.69) is 0 Å². The average Bonchev–Trinajstić information content (AvgIpc) is 2.52. The van der Waals surface area contributed by atoms with E-state index in [-0.39, 0.29) is 17.9 Å². The highest BCUT2D eigenvalue weighted by Gasteiger charge is 2.63. The summed E-state index contributed by atoms with van der Waals surface area (Å²) in [6, 6.07) is 10.9. The van der Waals surface area contributed by atoms with Gasteiger partial charge >= 0.3 is 12.1 Å². The lowest BCUT2D eigenvalue weighted by atomic mass is 10.00. The van der Waals surface area contributed by atoms with Crippen LogP contribution in [0.4, 0.5) is 22.0 Å². The molecule has 0 unspecified atom stereocenters. The number of halogens is 5. The summed E-state index contributed by atoms with van der Waals surface area (Å²) in [5.41, 5.74) is 1.24. The van der Waals surface area contributed by atoms with E-state index in [0.29, 0.717) is 0 Å². The standard InChI is InChI=1S/C18H15F5O2/c1-11-3-5-13(6-4-11)10-25-14-7-8-15(12(2)9-14)16(24)17(19,20)18(21,22)23/h3-9H,10H2,1-2H3. The van der Waals surface area contributed by atoms with Crippen molar-refractivity contribution in [3.8, 4) is 5.75 Å². The first-order chi connectivity index (χ1) is 11.5. The van der Waals surface area contributed by atoms with Crippen molar-refractivity contribution in [3.05, 3.63) is 64.7 Å². The quantitative estimate of drug-likeness (QED) is 0.538. The van der Waals surface area contributed by atoms with Crippen LogP contribution in [0.15, 0.2) is 42.5 Å². The van der Waals surface area contributed by atoms with Crippen molar-refractivity contribution in [2.75, 3.05) is 0 Å². The van der Waals surface area contributed by atoms with E-state index in [9.17, 15) is 26.7 Å². The minimum atomic E-state index is -5.93. The Morgan fingerprint density at radius 3 is 2.08 bits per heavy atom. The lowest BCUT2D eigenvalue weighted by Crippen LogP contribution is -2.44. The number of ketones is 1. The van der Waals surface area contributed by atoms with E-state index >= 15 is 0 Å². The van der Waals surface area contributed by atoms with Crippen molar-refractivity contribution < 1.29 is 31.5 Å². The molecule has 2 rings (SSSR count). The highest BCUT2D eigenvalue weighted by Crippen LogP contribution is 2.38. The molecule has 0 aliphatic heterocycles. The van der Waals surface area contributed by atoms with Crippen molar-refractivity contribution in [1.29, 1.82) is 0 Å². The van der Waals surface area contributed by atoms with Gasteiger partial charge in [-0.2, -0.15) is 22.0 Å². The number of ether oxygens (including phenoxy) is 1. The molecule has 0 aliphatic rings. The van der Waals surface area contributed by atoms with Crippen molar-refractivity contribution in [2.24, 2.45) is 0 Å². The summed E-state index contributed by atoms with van der Waals surface area (Å²) in [5.74, 6) is -7.44. The molecular weight excluding hydrogens is 343 g/mol. The second-order valence-corrected chi connectivity index (χ2v) is 5.65. The molecule has 2 aromatic rings. The summed E-state index contributed by atoms with van der Waals surface area (Å²) in [5, 5.41) is 0. The van der Waals surface area contributed by atoms with Gasteiger partial charge in [0.1, 0.15) is 12.4 Å². The van der Waals surface area contributed by atoms with Crippen LogP contribution < -0.4 is 4.74 Å².